The Labute approximate surface area is 167 Å². The average Bonchev–Trinajstić information content (AvgIpc) is 2.69. The number of hydrogen-bond donors (Lipinski definition) is 2. The first-order valence-corrected chi connectivity index (χ1v) is 9.58. The topological polar surface area (TPSA) is 77.6 Å². The third kappa shape index (κ3) is 5.89. The molecule has 3 rings (SSSR count). The highest BCUT2D eigenvalue weighted by Crippen LogP contribution is 2.20. The number of halogens is 1. The smallest absolute Gasteiger partial charge is 0.244 e. The van der Waals surface area contributed by atoms with Gasteiger partial charge in [0, 0.05) is 51.2 Å². The summed E-state index contributed by atoms with van der Waals surface area (Å²) in [5.74, 6) is -0.0687. The number of nitrogens with one attached hydrogen (secondary N) is 2. The van der Waals surface area contributed by atoms with Crippen molar-refractivity contribution in [2.45, 2.75) is 38.3 Å². The fraction of sp³-hybridized carbons (Fsp3) is 0.632. The van der Waals surface area contributed by atoms with Gasteiger partial charge in [0.25, 0.3) is 0 Å². The Morgan fingerprint density at radius 3 is 2.78 bits per heavy atom. The van der Waals surface area contributed by atoms with Gasteiger partial charge in [0.2, 0.25) is 11.8 Å². The quantitative estimate of drug-likeness (QED) is 0.776. The van der Waals surface area contributed by atoms with Gasteiger partial charge in [-0.3, -0.25) is 19.5 Å². The number of carbonyl (C=O) groups excluding carboxylic acids is 2. The molecule has 0 saturated carbocycles. The van der Waals surface area contributed by atoms with Crippen LogP contribution < -0.4 is 10.6 Å². The van der Waals surface area contributed by atoms with Crippen molar-refractivity contribution < 1.29 is 9.59 Å². The Morgan fingerprint density at radius 1 is 1.30 bits per heavy atom. The largest absolute Gasteiger partial charge is 0.343 e. The van der Waals surface area contributed by atoms with Crippen molar-refractivity contribution >= 4 is 24.2 Å². The van der Waals surface area contributed by atoms with Crippen molar-refractivity contribution in [1.29, 1.82) is 0 Å². The minimum absolute atomic E-state index is 0. The number of aromatic nitrogens is 1. The molecule has 1 aromatic heterocycles. The third-order valence-corrected chi connectivity index (χ3v) is 5.19. The predicted molar refractivity (Wildman–Crippen MR) is 107 cm³/mol. The van der Waals surface area contributed by atoms with Gasteiger partial charge in [-0.2, -0.15) is 0 Å². The average molecular weight is 396 g/mol. The summed E-state index contributed by atoms with van der Waals surface area (Å²) in [4.78, 5) is 33.2. The summed E-state index contributed by atoms with van der Waals surface area (Å²) in [5, 5.41) is 6.27. The van der Waals surface area contributed by atoms with Gasteiger partial charge in [-0.05, 0) is 37.8 Å². The Balaban J connectivity index is 0.00000261. The summed E-state index contributed by atoms with van der Waals surface area (Å²) < 4.78 is 0. The highest BCUT2D eigenvalue weighted by molar-refractivity contribution is 5.88. The zero-order valence-electron chi connectivity index (χ0n) is 15.9. The number of rotatable bonds is 5. The van der Waals surface area contributed by atoms with E-state index in [1.807, 2.05) is 23.2 Å². The molecule has 0 aromatic carbocycles. The summed E-state index contributed by atoms with van der Waals surface area (Å²) in [5.41, 5.74) is 1.10. The Kier molecular flexibility index (Phi) is 8.47. The predicted octanol–water partition coefficient (Wildman–Crippen LogP) is 0.967. The molecule has 2 unspecified atom stereocenters. The number of pyridine rings is 1. The van der Waals surface area contributed by atoms with E-state index in [1.165, 1.54) is 6.42 Å². The monoisotopic (exact) mass is 395 g/mol. The molecule has 0 spiro atoms. The molecule has 2 aliphatic heterocycles. The van der Waals surface area contributed by atoms with Crippen molar-refractivity contribution in [2.75, 3.05) is 39.3 Å². The summed E-state index contributed by atoms with van der Waals surface area (Å²) >= 11 is 0. The van der Waals surface area contributed by atoms with Crippen LogP contribution in [-0.2, 0) is 9.59 Å². The molecule has 0 bridgehead atoms. The van der Waals surface area contributed by atoms with Crippen molar-refractivity contribution in [2.24, 2.45) is 0 Å². The number of likely N-dealkylation sites (tertiary alicyclic amines) is 1. The normalized spacial score (nSPS) is 21.8. The van der Waals surface area contributed by atoms with Crippen LogP contribution in [-0.4, -0.2) is 71.9 Å². The van der Waals surface area contributed by atoms with E-state index in [1.54, 1.807) is 13.1 Å². The van der Waals surface area contributed by atoms with Crippen LogP contribution in [0.15, 0.2) is 24.5 Å². The Hall–Kier alpha value is -1.70. The first-order chi connectivity index (χ1) is 12.6. The molecule has 2 fully saturated rings. The van der Waals surface area contributed by atoms with E-state index in [4.69, 9.17) is 0 Å². The molecule has 0 aliphatic carbocycles. The van der Waals surface area contributed by atoms with Crippen LogP contribution in [0.3, 0.4) is 0 Å². The van der Waals surface area contributed by atoms with Crippen molar-refractivity contribution in [3.63, 3.8) is 0 Å². The molecule has 2 atom stereocenters. The second-order valence-electron chi connectivity index (χ2n) is 7.15. The maximum Gasteiger partial charge on any atom is 0.244 e. The third-order valence-electron chi connectivity index (χ3n) is 5.19. The molecule has 150 valence electrons. The standard InChI is InChI=1S/C19H29N5O2.ClH/c1-15(19(26)23-9-3-2-4-10-23)22-18(25)14-24-11-8-21-13-17(24)16-6-5-7-20-12-16;/h5-7,12,15,17,21H,2-4,8-11,13-14H2,1H3,(H,22,25);1H. The van der Waals surface area contributed by atoms with E-state index < -0.39 is 6.04 Å². The fourth-order valence-electron chi connectivity index (χ4n) is 3.76. The summed E-state index contributed by atoms with van der Waals surface area (Å²) in [6.07, 6.45) is 6.90. The van der Waals surface area contributed by atoms with E-state index >= 15 is 0 Å². The van der Waals surface area contributed by atoms with E-state index in [0.29, 0.717) is 6.54 Å². The van der Waals surface area contributed by atoms with E-state index in [9.17, 15) is 9.59 Å². The lowest BCUT2D eigenvalue weighted by atomic mass is 10.1. The molecule has 8 heteroatoms. The zero-order valence-corrected chi connectivity index (χ0v) is 16.7. The lowest BCUT2D eigenvalue weighted by molar-refractivity contribution is -0.137. The number of amides is 2. The molecule has 2 aliphatic rings. The molecule has 0 radical (unpaired) electrons. The lowest BCUT2D eigenvalue weighted by Crippen LogP contribution is -2.53. The molecule has 2 amide bonds. The van der Waals surface area contributed by atoms with Gasteiger partial charge < -0.3 is 15.5 Å². The molecule has 7 nitrogen and oxygen atoms in total. The van der Waals surface area contributed by atoms with E-state index in [0.717, 1.165) is 51.1 Å². The highest BCUT2D eigenvalue weighted by atomic mass is 35.5. The second kappa shape index (κ2) is 10.6. The van der Waals surface area contributed by atoms with E-state index in [-0.39, 0.29) is 30.3 Å². The van der Waals surface area contributed by atoms with Crippen molar-refractivity contribution in [1.82, 2.24) is 25.4 Å². The minimum atomic E-state index is -0.472. The summed E-state index contributed by atoms with van der Waals surface area (Å²) in [7, 11) is 0. The van der Waals surface area contributed by atoms with Crippen LogP contribution in [0, 0.1) is 0 Å². The van der Waals surface area contributed by atoms with Gasteiger partial charge >= 0.3 is 0 Å². The second-order valence-corrected chi connectivity index (χ2v) is 7.15. The number of piperidine rings is 1. The number of carbonyl (C=O) groups is 2. The van der Waals surface area contributed by atoms with Gasteiger partial charge in [0.15, 0.2) is 0 Å². The zero-order chi connectivity index (χ0) is 18.4. The maximum atomic E-state index is 12.5. The Bertz CT molecular complexity index is 609. The molecular formula is C19H30ClN5O2. The first kappa shape index (κ1) is 21.6. The molecule has 2 N–H and O–H groups in total. The van der Waals surface area contributed by atoms with Gasteiger partial charge in [0.05, 0.1) is 6.54 Å². The molecular weight excluding hydrogens is 366 g/mol. The van der Waals surface area contributed by atoms with Gasteiger partial charge in [-0.1, -0.05) is 6.07 Å². The van der Waals surface area contributed by atoms with Crippen LogP contribution in [0.5, 0.6) is 0 Å². The first-order valence-electron chi connectivity index (χ1n) is 9.58. The summed E-state index contributed by atoms with van der Waals surface area (Å²) in [6.45, 7) is 6.12. The van der Waals surface area contributed by atoms with Crippen LogP contribution in [0.25, 0.3) is 0 Å². The Morgan fingerprint density at radius 2 is 2.07 bits per heavy atom. The van der Waals surface area contributed by atoms with Gasteiger partial charge in [-0.25, -0.2) is 0 Å². The minimum Gasteiger partial charge on any atom is -0.343 e. The van der Waals surface area contributed by atoms with Crippen molar-refractivity contribution in [3.8, 4) is 0 Å². The van der Waals surface area contributed by atoms with Crippen molar-refractivity contribution in [3.05, 3.63) is 30.1 Å². The van der Waals surface area contributed by atoms with E-state index in [2.05, 4.69) is 20.5 Å². The van der Waals surface area contributed by atoms with Gasteiger partial charge in [0.1, 0.15) is 6.04 Å². The van der Waals surface area contributed by atoms with Crippen LogP contribution in [0.4, 0.5) is 0 Å². The fourth-order valence-corrected chi connectivity index (χ4v) is 3.76. The van der Waals surface area contributed by atoms with Crippen LogP contribution >= 0.6 is 12.4 Å². The number of hydrogen-bond acceptors (Lipinski definition) is 5. The maximum absolute atomic E-state index is 12.5. The molecule has 1 aromatic rings. The number of nitrogens with zero attached hydrogens (tertiary/aromatic N) is 3. The summed E-state index contributed by atoms with van der Waals surface area (Å²) in [6, 6.07) is 3.61. The molecule has 27 heavy (non-hydrogen) atoms. The highest BCUT2D eigenvalue weighted by Gasteiger charge is 2.28. The van der Waals surface area contributed by atoms with Crippen LogP contribution in [0.1, 0.15) is 37.8 Å². The molecule has 3 heterocycles. The number of piperazine rings is 1. The molecule has 2 saturated heterocycles. The van der Waals surface area contributed by atoms with Crippen LogP contribution in [0.2, 0.25) is 0 Å². The lowest BCUT2D eigenvalue weighted by Gasteiger charge is -2.36. The van der Waals surface area contributed by atoms with Gasteiger partial charge in [-0.15, -0.1) is 12.4 Å². The SMILES string of the molecule is CC(NC(=O)CN1CCNCC1c1cccnc1)C(=O)N1CCCCC1.Cl.